The topological polar surface area (TPSA) is 38.7 Å². The molecule has 3 aromatic carbocycles. The van der Waals surface area contributed by atoms with Gasteiger partial charge in [-0.1, -0.05) is 60.7 Å². The Balaban J connectivity index is 1.65. The van der Waals surface area contributed by atoms with Crippen molar-refractivity contribution < 1.29 is 14.6 Å². The standard InChI is InChI=1S/C27H30O3/c1-29-26(30-2)17-10-19-8-11-21(12-9-19)27-24(20-6-4-3-5-7-20)15-13-22-18-23(28)14-16-25(22)27/h3-9,11-12,14,16,18,24,26-28H,10,13,15,17H2,1-2H3/t24-,27+/m1/s1. The maximum atomic E-state index is 9.99. The Morgan fingerprint density at radius 2 is 1.63 bits per heavy atom. The Kier molecular flexibility index (Phi) is 6.51. The van der Waals surface area contributed by atoms with E-state index in [2.05, 4.69) is 60.7 Å². The SMILES string of the molecule is COC(CCc1ccc([C@@H]2c3ccc(O)cc3CC[C@@H]2c2ccccc2)cc1)OC. The summed E-state index contributed by atoms with van der Waals surface area (Å²) in [6, 6.07) is 25.7. The van der Waals surface area contributed by atoms with Crippen molar-refractivity contribution >= 4 is 0 Å². The molecule has 0 heterocycles. The summed E-state index contributed by atoms with van der Waals surface area (Å²) in [6.07, 6.45) is 3.67. The molecule has 1 aliphatic carbocycles. The number of aryl methyl sites for hydroxylation is 2. The van der Waals surface area contributed by atoms with Crippen molar-refractivity contribution in [1.82, 2.24) is 0 Å². The molecule has 30 heavy (non-hydrogen) atoms. The fraction of sp³-hybridized carbons (Fsp3) is 0.333. The number of fused-ring (bicyclic) bond motifs is 1. The minimum atomic E-state index is -0.162. The van der Waals surface area contributed by atoms with Crippen LogP contribution in [0.1, 0.15) is 52.5 Å². The van der Waals surface area contributed by atoms with Crippen LogP contribution >= 0.6 is 0 Å². The van der Waals surface area contributed by atoms with Crippen LogP contribution < -0.4 is 0 Å². The summed E-state index contributed by atoms with van der Waals surface area (Å²) in [4.78, 5) is 0. The fourth-order valence-electron chi connectivity index (χ4n) is 4.79. The molecule has 0 aliphatic heterocycles. The highest BCUT2D eigenvalue weighted by molar-refractivity contribution is 5.47. The van der Waals surface area contributed by atoms with E-state index in [0.717, 1.165) is 25.7 Å². The van der Waals surface area contributed by atoms with Crippen molar-refractivity contribution in [2.45, 2.75) is 43.8 Å². The molecule has 4 rings (SSSR count). The molecule has 1 N–H and O–H groups in total. The van der Waals surface area contributed by atoms with Crippen LogP contribution in [0.5, 0.6) is 5.75 Å². The maximum Gasteiger partial charge on any atom is 0.157 e. The molecule has 156 valence electrons. The van der Waals surface area contributed by atoms with E-state index in [0.29, 0.717) is 11.7 Å². The van der Waals surface area contributed by atoms with Crippen molar-refractivity contribution in [3.05, 3.63) is 101 Å². The number of rotatable bonds is 7. The van der Waals surface area contributed by atoms with Crippen LogP contribution in [-0.2, 0) is 22.3 Å². The van der Waals surface area contributed by atoms with Gasteiger partial charge in [0.15, 0.2) is 6.29 Å². The lowest BCUT2D eigenvalue weighted by Gasteiger charge is -2.35. The highest BCUT2D eigenvalue weighted by Crippen LogP contribution is 2.46. The lowest BCUT2D eigenvalue weighted by molar-refractivity contribution is -0.105. The molecule has 3 nitrogen and oxygen atoms in total. The number of hydrogen-bond acceptors (Lipinski definition) is 3. The zero-order valence-electron chi connectivity index (χ0n) is 17.8. The zero-order chi connectivity index (χ0) is 20.9. The van der Waals surface area contributed by atoms with Crippen LogP contribution in [0, 0.1) is 0 Å². The van der Waals surface area contributed by atoms with Gasteiger partial charge in [-0.15, -0.1) is 0 Å². The lowest BCUT2D eigenvalue weighted by atomic mass is 9.69. The van der Waals surface area contributed by atoms with Crippen LogP contribution in [0.3, 0.4) is 0 Å². The Labute approximate surface area is 179 Å². The molecule has 0 aromatic heterocycles. The average Bonchev–Trinajstić information content (AvgIpc) is 2.80. The van der Waals surface area contributed by atoms with Crippen LogP contribution in [0.4, 0.5) is 0 Å². The van der Waals surface area contributed by atoms with Crippen molar-refractivity contribution in [2.24, 2.45) is 0 Å². The summed E-state index contributed by atoms with van der Waals surface area (Å²) in [5.74, 6) is 1.07. The monoisotopic (exact) mass is 402 g/mol. The molecule has 0 saturated carbocycles. The minimum absolute atomic E-state index is 0.162. The summed E-state index contributed by atoms with van der Waals surface area (Å²) in [5, 5.41) is 9.99. The Hall–Kier alpha value is -2.62. The largest absolute Gasteiger partial charge is 0.508 e. The van der Waals surface area contributed by atoms with Gasteiger partial charge in [0.25, 0.3) is 0 Å². The van der Waals surface area contributed by atoms with Crippen molar-refractivity contribution in [3.8, 4) is 5.75 Å². The quantitative estimate of drug-likeness (QED) is 0.507. The molecule has 0 amide bonds. The third-order valence-corrected chi connectivity index (χ3v) is 6.35. The minimum Gasteiger partial charge on any atom is -0.508 e. The molecule has 0 saturated heterocycles. The number of hydrogen-bond donors (Lipinski definition) is 1. The van der Waals surface area contributed by atoms with Gasteiger partial charge in [-0.05, 0) is 65.1 Å². The summed E-state index contributed by atoms with van der Waals surface area (Å²) in [5.41, 5.74) is 6.59. The van der Waals surface area contributed by atoms with Gasteiger partial charge in [-0.25, -0.2) is 0 Å². The van der Waals surface area contributed by atoms with Crippen LogP contribution in [0.25, 0.3) is 0 Å². The molecule has 0 unspecified atom stereocenters. The summed E-state index contributed by atoms with van der Waals surface area (Å²) in [7, 11) is 3.36. The first-order valence-electron chi connectivity index (χ1n) is 10.7. The van der Waals surface area contributed by atoms with E-state index in [1.807, 2.05) is 12.1 Å². The normalized spacial score (nSPS) is 18.4. The fourth-order valence-corrected chi connectivity index (χ4v) is 4.79. The molecule has 0 spiro atoms. The first-order valence-corrected chi connectivity index (χ1v) is 10.7. The van der Waals surface area contributed by atoms with E-state index < -0.39 is 0 Å². The predicted molar refractivity (Wildman–Crippen MR) is 120 cm³/mol. The molecule has 0 fully saturated rings. The Morgan fingerprint density at radius 1 is 0.900 bits per heavy atom. The van der Waals surface area contributed by atoms with Crippen molar-refractivity contribution in [1.29, 1.82) is 0 Å². The van der Waals surface area contributed by atoms with Crippen molar-refractivity contribution in [3.63, 3.8) is 0 Å². The lowest BCUT2D eigenvalue weighted by Crippen LogP contribution is -2.20. The zero-order valence-corrected chi connectivity index (χ0v) is 17.8. The maximum absolute atomic E-state index is 9.99. The van der Waals surface area contributed by atoms with Gasteiger partial charge in [0.05, 0.1) is 0 Å². The van der Waals surface area contributed by atoms with Gasteiger partial charge >= 0.3 is 0 Å². The Bertz CT molecular complexity index is 946. The Morgan fingerprint density at radius 3 is 2.33 bits per heavy atom. The second kappa shape index (κ2) is 9.46. The second-order valence-electron chi connectivity index (χ2n) is 8.10. The van der Waals surface area contributed by atoms with Crippen LogP contribution in [-0.4, -0.2) is 25.6 Å². The number of ether oxygens (including phenoxy) is 2. The number of methoxy groups -OCH3 is 2. The molecular formula is C27H30O3. The van der Waals surface area contributed by atoms with Crippen LogP contribution in [0.15, 0.2) is 72.8 Å². The molecular weight excluding hydrogens is 372 g/mol. The third-order valence-electron chi connectivity index (χ3n) is 6.35. The molecule has 2 atom stereocenters. The second-order valence-corrected chi connectivity index (χ2v) is 8.10. The van der Waals surface area contributed by atoms with E-state index in [1.54, 1.807) is 14.2 Å². The summed E-state index contributed by atoms with van der Waals surface area (Å²) in [6.45, 7) is 0. The molecule has 1 aliphatic rings. The van der Waals surface area contributed by atoms with E-state index in [1.165, 1.54) is 27.8 Å². The van der Waals surface area contributed by atoms with E-state index in [4.69, 9.17) is 9.47 Å². The van der Waals surface area contributed by atoms with Gasteiger partial charge in [-0.2, -0.15) is 0 Å². The van der Waals surface area contributed by atoms with Gasteiger partial charge in [0, 0.05) is 26.6 Å². The predicted octanol–water partition coefficient (Wildman–Crippen LogP) is 5.81. The summed E-state index contributed by atoms with van der Waals surface area (Å²) < 4.78 is 10.6. The van der Waals surface area contributed by atoms with Gasteiger partial charge in [-0.3, -0.25) is 0 Å². The number of phenols is 1. The first kappa shape index (κ1) is 20.6. The smallest absolute Gasteiger partial charge is 0.157 e. The highest BCUT2D eigenvalue weighted by Gasteiger charge is 2.32. The molecule has 3 aromatic rings. The van der Waals surface area contributed by atoms with Crippen LogP contribution in [0.2, 0.25) is 0 Å². The van der Waals surface area contributed by atoms with Gasteiger partial charge in [0.1, 0.15) is 5.75 Å². The number of phenolic OH excluding ortho intramolecular Hbond substituents is 1. The highest BCUT2D eigenvalue weighted by atomic mass is 16.7. The van der Waals surface area contributed by atoms with Crippen molar-refractivity contribution in [2.75, 3.05) is 14.2 Å². The van der Waals surface area contributed by atoms with E-state index in [9.17, 15) is 5.11 Å². The van der Waals surface area contributed by atoms with E-state index >= 15 is 0 Å². The molecule has 0 bridgehead atoms. The first-order chi connectivity index (χ1) is 14.7. The summed E-state index contributed by atoms with van der Waals surface area (Å²) >= 11 is 0. The van der Waals surface area contributed by atoms with Gasteiger partial charge in [0.2, 0.25) is 0 Å². The van der Waals surface area contributed by atoms with Gasteiger partial charge < -0.3 is 14.6 Å². The average molecular weight is 403 g/mol. The molecule has 3 heteroatoms. The third kappa shape index (κ3) is 4.43. The molecule has 0 radical (unpaired) electrons. The van der Waals surface area contributed by atoms with E-state index in [-0.39, 0.29) is 12.2 Å². The number of benzene rings is 3. The number of aromatic hydroxyl groups is 1.